The molecule has 2 unspecified atom stereocenters. The molecule has 1 aromatic carbocycles. The van der Waals surface area contributed by atoms with Gasteiger partial charge >= 0.3 is 0 Å². The normalized spacial score (nSPS) is 22.2. The molecule has 3 rings (SSSR count). The highest BCUT2D eigenvalue weighted by Gasteiger charge is 2.28. The molecule has 2 amide bonds. The summed E-state index contributed by atoms with van der Waals surface area (Å²) < 4.78 is 0. The van der Waals surface area contributed by atoms with Crippen molar-refractivity contribution in [3.05, 3.63) is 35.4 Å². The minimum Gasteiger partial charge on any atom is -0.351 e. The molecule has 5 nitrogen and oxygen atoms in total. The van der Waals surface area contributed by atoms with Gasteiger partial charge in [-0.3, -0.25) is 14.5 Å². The number of thioether (sulfide) groups is 1. The molecule has 1 heterocycles. The third-order valence-electron chi connectivity index (χ3n) is 5.90. The summed E-state index contributed by atoms with van der Waals surface area (Å²) >= 11 is 2.05. The minimum atomic E-state index is 0.0705. The van der Waals surface area contributed by atoms with Crippen molar-refractivity contribution in [2.24, 2.45) is 0 Å². The Labute approximate surface area is 173 Å². The van der Waals surface area contributed by atoms with Gasteiger partial charge < -0.3 is 10.2 Å². The van der Waals surface area contributed by atoms with Crippen molar-refractivity contribution in [2.45, 2.75) is 63.4 Å². The average molecular weight is 404 g/mol. The van der Waals surface area contributed by atoms with Crippen LogP contribution in [0.2, 0.25) is 0 Å². The molecule has 154 valence electrons. The molecule has 6 heteroatoms. The number of rotatable bonds is 9. The molecule has 1 saturated carbocycles. The van der Waals surface area contributed by atoms with E-state index in [1.807, 2.05) is 34.9 Å². The first kappa shape index (κ1) is 21.2. The monoisotopic (exact) mass is 403 g/mol. The maximum absolute atomic E-state index is 12.5. The van der Waals surface area contributed by atoms with Crippen molar-refractivity contribution in [2.75, 3.05) is 25.9 Å². The fraction of sp³-hybridized carbons (Fsp3) is 0.636. The van der Waals surface area contributed by atoms with Gasteiger partial charge in [-0.2, -0.15) is 11.8 Å². The maximum atomic E-state index is 12.5. The van der Waals surface area contributed by atoms with E-state index in [2.05, 4.69) is 30.3 Å². The smallest absolute Gasteiger partial charge is 0.234 e. The van der Waals surface area contributed by atoms with Crippen LogP contribution in [-0.4, -0.2) is 58.8 Å². The first-order valence-electron chi connectivity index (χ1n) is 10.5. The number of nitrogens with zero attached hydrogens (tertiary/aromatic N) is 2. The van der Waals surface area contributed by atoms with Crippen molar-refractivity contribution in [3.63, 3.8) is 0 Å². The van der Waals surface area contributed by atoms with Crippen LogP contribution in [0.25, 0.3) is 0 Å². The van der Waals surface area contributed by atoms with Crippen molar-refractivity contribution >= 4 is 23.6 Å². The largest absolute Gasteiger partial charge is 0.351 e. The van der Waals surface area contributed by atoms with Gasteiger partial charge in [0.05, 0.1) is 6.54 Å². The van der Waals surface area contributed by atoms with Crippen LogP contribution in [0.3, 0.4) is 0 Å². The molecule has 0 aromatic heterocycles. The zero-order valence-corrected chi connectivity index (χ0v) is 18.0. The Kier molecular flexibility index (Phi) is 7.80. The number of likely N-dealkylation sites (tertiary alicyclic amines) is 1. The van der Waals surface area contributed by atoms with E-state index in [0.29, 0.717) is 32.1 Å². The summed E-state index contributed by atoms with van der Waals surface area (Å²) in [6, 6.07) is 8.61. The topological polar surface area (TPSA) is 52.7 Å². The maximum Gasteiger partial charge on any atom is 0.234 e. The molecule has 1 N–H and O–H groups in total. The summed E-state index contributed by atoms with van der Waals surface area (Å²) in [5.41, 5.74) is 2.22. The van der Waals surface area contributed by atoms with Gasteiger partial charge in [-0.15, -0.1) is 0 Å². The van der Waals surface area contributed by atoms with E-state index in [-0.39, 0.29) is 11.8 Å². The van der Waals surface area contributed by atoms with Crippen LogP contribution >= 0.6 is 11.8 Å². The molecule has 1 aliphatic heterocycles. The van der Waals surface area contributed by atoms with Crippen molar-refractivity contribution in [1.82, 2.24) is 15.1 Å². The van der Waals surface area contributed by atoms with E-state index < -0.39 is 0 Å². The Morgan fingerprint density at radius 3 is 2.79 bits per heavy atom. The van der Waals surface area contributed by atoms with E-state index in [1.54, 1.807) is 0 Å². The second-order valence-corrected chi connectivity index (χ2v) is 9.50. The molecule has 0 radical (unpaired) electrons. The number of hydrogen-bond acceptors (Lipinski definition) is 4. The molecule has 0 bridgehead atoms. The second kappa shape index (κ2) is 10.3. The molecule has 2 aliphatic rings. The van der Waals surface area contributed by atoms with Gasteiger partial charge in [-0.1, -0.05) is 31.2 Å². The number of benzene rings is 1. The fourth-order valence-electron chi connectivity index (χ4n) is 4.27. The molecule has 2 atom stereocenters. The fourth-order valence-corrected chi connectivity index (χ4v) is 5.40. The SMILES string of the molecule is CCSC1CCC(N(C)CC(=O)NCc2ccccc2CN2CCCC2=O)C1. The zero-order valence-electron chi connectivity index (χ0n) is 17.2. The molecule has 28 heavy (non-hydrogen) atoms. The predicted molar refractivity (Wildman–Crippen MR) is 115 cm³/mol. The summed E-state index contributed by atoms with van der Waals surface area (Å²) in [5, 5.41) is 3.83. The molecular formula is C22H33N3O2S. The number of carbonyl (C=O) groups excluding carboxylic acids is 2. The van der Waals surface area contributed by atoms with Crippen molar-refractivity contribution < 1.29 is 9.59 Å². The molecule has 1 aromatic rings. The zero-order chi connectivity index (χ0) is 19.9. The quantitative estimate of drug-likeness (QED) is 0.689. The van der Waals surface area contributed by atoms with Gasteiger partial charge in [0.2, 0.25) is 11.8 Å². The lowest BCUT2D eigenvalue weighted by Crippen LogP contribution is -2.39. The summed E-state index contributed by atoms with van der Waals surface area (Å²) in [6.45, 7) is 4.66. The van der Waals surface area contributed by atoms with Crippen LogP contribution in [0.4, 0.5) is 0 Å². The first-order valence-corrected chi connectivity index (χ1v) is 11.5. The Hall–Kier alpha value is -1.53. The van der Waals surface area contributed by atoms with E-state index in [4.69, 9.17) is 0 Å². The van der Waals surface area contributed by atoms with Gasteiger partial charge in [-0.25, -0.2) is 0 Å². The minimum absolute atomic E-state index is 0.0705. The number of hydrogen-bond donors (Lipinski definition) is 1. The summed E-state index contributed by atoms with van der Waals surface area (Å²) in [7, 11) is 2.07. The average Bonchev–Trinajstić information content (AvgIpc) is 3.31. The number of likely N-dealkylation sites (N-methyl/N-ethyl adjacent to an activating group) is 1. The van der Waals surface area contributed by atoms with Crippen LogP contribution in [0, 0.1) is 0 Å². The van der Waals surface area contributed by atoms with Crippen LogP contribution in [0.15, 0.2) is 24.3 Å². The van der Waals surface area contributed by atoms with E-state index in [0.717, 1.165) is 29.3 Å². The summed E-state index contributed by atoms with van der Waals surface area (Å²) in [4.78, 5) is 28.5. The van der Waals surface area contributed by atoms with Crippen LogP contribution in [0.5, 0.6) is 0 Å². The third kappa shape index (κ3) is 5.74. The van der Waals surface area contributed by atoms with Crippen LogP contribution < -0.4 is 5.32 Å². The van der Waals surface area contributed by atoms with Gasteiger partial charge in [-0.05, 0) is 49.6 Å². The number of carbonyl (C=O) groups is 2. The second-order valence-electron chi connectivity index (χ2n) is 7.92. The number of nitrogens with one attached hydrogen (secondary N) is 1. The third-order valence-corrected chi connectivity index (χ3v) is 7.14. The lowest BCUT2D eigenvalue weighted by molar-refractivity contribution is -0.128. The Balaban J connectivity index is 1.47. The Bertz CT molecular complexity index is 682. The van der Waals surface area contributed by atoms with Gasteiger partial charge in [0.15, 0.2) is 0 Å². The highest BCUT2D eigenvalue weighted by molar-refractivity contribution is 7.99. The standard InChI is InChI=1S/C22H33N3O2S/c1-3-28-20-11-10-19(13-20)24(2)16-21(26)23-14-17-7-4-5-8-18(17)15-25-12-6-9-22(25)27/h4-5,7-8,19-20H,3,6,9-16H2,1-2H3,(H,23,26). The molecular weight excluding hydrogens is 370 g/mol. The summed E-state index contributed by atoms with van der Waals surface area (Å²) in [6.07, 6.45) is 5.24. The highest BCUT2D eigenvalue weighted by atomic mass is 32.2. The molecule has 1 saturated heterocycles. The van der Waals surface area contributed by atoms with E-state index >= 15 is 0 Å². The number of amides is 2. The molecule has 2 fully saturated rings. The molecule has 1 aliphatic carbocycles. The predicted octanol–water partition coefficient (Wildman–Crippen LogP) is 3.03. The highest BCUT2D eigenvalue weighted by Crippen LogP contribution is 2.32. The Morgan fingerprint density at radius 1 is 1.29 bits per heavy atom. The summed E-state index contributed by atoms with van der Waals surface area (Å²) in [5.74, 6) is 1.47. The van der Waals surface area contributed by atoms with E-state index in [1.165, 1.54) is 25.0 Å². The van der Waals surface area contributed by atoms with Crippen LogP contribution in [0.1, 0.15) is 50.2 Å². The van der Waals surface area contributed by atoms with E-state index in [9.17, 15) is 9.59 Å². The van der Waals surface area contributed by atoms with Crippen molar-refractivity contribution in [3.8, 4) is 0 Å². The molecule has 0 spiro atoms. The lowest BCUT2D eigenvalue weighted by Gasteiger charge is -2.24. The first-order chi connectivity index (χ1) is 13.6. The lowest BCUT2D eigenvalue weighted by atomic mass is 10.1. The Morgan fingerprint density at radius 2 is 2.07 bits per heavy atom. The van der Waals surface area contributed by atoms with Gasteiger partial charge in [0.25, 0.3) is 0 Å². The van der Waals surface area contributed by atoms with Gasteiger partial charge in [0, 0.05) is 37.3 Å². The van der Waals surface area contributed by atoms with Crippen molar-refractivity contribution in [1.29, 1.82) is 0 Å². The van der Waals surface area contributed by atoms with Gasteiger partial charge in [0.1, 0.15) is 0 Å². The van der Waals surface area contributed by atoms with Crippen LogP contribution in [-0.2, 0) is 22.7 Å².